The minimum absolute atomic E-state index is 0.576. The maximum atomic E-state index is 11.3. The van der Waals surface area contributed by atoms with E-state index in [2.05, 4.69) is 6.92 Å². The third-order valence-corrected chi connectivity index (χ3v) is 2.62. The quantitative estimate of drug-likeness (QED) is 0.775. The molecule has 1 N–H and O–H groups in total. The molecule has 0 bridgehead atoms. The molecule has 0 aromatic heterocycles. The molecule has 0 aliphatic carbocycles. The molecule has 16 heavy (non-hydrogen) atoms. The predicted octanol–water partition coefficient (Wildman–Crippen LogP) is 2.40. The first-order chi connectivity index (χ1) is 7.56. The van der Waals surface area contributed by atoms with Gasteiger partial charge in [0.2, 0.25) is 5.78 Å². The molecule has 1 atom stereocenters. The molecule has 1 aromatic rings. The van der Waals surface area contributed by atoms with E-state index >= 15 is 0 Å². The number of carboxylic acid groups (broad SMARTS) is 1. The fourth-order valence-electron chi connectivity index (χ4n) is 1.60. The van der Waals surface area contributed by atoms with Gasteiger partial charge in [-0.05, 0) is 17.5 Å². The number of aliphatic carboxylic acids is 1. The van der Waals surface area contributed by atoms with Crippen molar-refractivity contribution in [3.8, 4) is 0 Å². The van der Waals surface area contributed by atoms with Gasteiger partial charge in [-0.3, -0.25) is 4.79 Å². The maximum Gasteiger partial charge on any atom is 0.372 e. The molecule has 0 radical (unpaired) electrons. The first kappa shape index (κ1) is 12.4. The number of benzene rings is 1. The number of hydrogen-bond acceptors (Lipinski definition) is 2. The van der Waals surface area contributed by atoms with Gasteiger partial charge in [0.15, 0.2) is 0 Å². The number of carboxylic acids is 1. The van der Waals surface area contributed by atoms with Crippen LogP contribution >= 0.6 is 0 Å². The number of carbonyl (C=O) groups is 2. The van der Waals surface area contributed by atoms with Crippen molar-refractivity contribution >= 4 is 11.8 Å². The zero-order chi connectivity index (χ0) is 12.1. The van der Waals surface area contributed by atoms with Crippen molar-refractivity contribution in [2.45, 2.75) is 32.6 Å². The summed E-state index contributed by atoms with van der Waals surface area (Å²) in [6.07, 6.45) is 2.07. The van der Waals surface area contributed by atoms with Crippen molar-refractivity contribution in [3.05, 3.63) is 35.4 Å². The molecular weight excluding hydrogens is 204 g/mol. The van der Waals surface area contributed by atoms with E-state index in [0.717, 1.165) is 18.4 Å². The average Bonchev–Trinajstić information content (AvgIpc) is 2.28. The normalized spacial score (nSPS) is 12.1. The number of rotatable bonds is 5. The number of hydrogen-bond donors (Lipinski definition) is 1. The van der Waals surface area contributed by atoms with Gasteiger partial charge in [-0.25, -0.2) is 4.79 Å². The van der Waals surface area contributed by atoms with Crippen LogP contribution < -0.4 is 0 Å². The Bertz CT molecular complexity index is 379. The average molecular weight is 220 g/mol. The monoisotopic (exact) mass is 220 g/mol. The van der Waals surface area contributed by atoms with Gasteiger partial charge in [-0.15, -0.1) is 0 Å². The fourth-order valence-corrected chi connectivity index (χ4v) is 1.60. The molecule has 1 unspecified atom stereocenters. The van der Waals surface area contributed by atoms with E-state index < -0.39 is 17.7 Å². The zero-order valence-corrected chi connectivity index (χ0v) is 9.56. The van der Waals surface area contributed by atoms with Gasteiger partial charge < -0.3 is 5.11 Å². The van der Waals surface area contributed by atoms with Gasteiger partial charge in [-0.2, -0.15) is 0 Å². The fraction of sp³-hybridized carbons (Fsp3) is 0.385. The number of carbonyl (C=O) groups excluding carboxylic acids is 1. The molecule has 0 aliphatic rings. The second-order valence-corrected chi connectivity index (χ2v) is 3.88. The molecule has 1 rings (SSSR count). The number of Topliss-reactive ketones (excluding diaryl/α,β-unsaturated/α-hetero) is 1. The SMILES string of the molecule is CCCc1ccc(C(C)C(=O)C(=O)O)cc1. The van der Waals surface area contributed by atoms with Crippen LogP contribution in [0.3, 0.4) is 0 Å². The summed E-state index contributed by atoms with van der Waals surface area (Å²) in [6.45, 7) is 3.72. The van der Waals surface area contributed by atoms with Crippen LogP contribution in [0, 0.1) is 0 Å². The molecule has 0 saturated carbocycles. The Morgan fingerprint density at radius 3 is 2.25 bits per heavy atom. The first-order valence-electron chi connectivity index (χ1n) is 5.42. The smallest absolute Gasteiger partial charge is 0.372 e. The summed E-state index contributed by atoms with van der Waals surface area (Å²) in [6, 6.07) is 7.56. The first-order valence-corrected chi connectivity index (χ1v) is 5.42. The van der Waals surface area contributed by atoms with Crippen LogP contribution in [-0.4, -0.2) is 16.9 Å². The molecule has 3 nitrogen and oxygen atoms in total. The topological polar surface area (TPSA) is 54.4 Å². The van der Waals surface area contributed by atoms with Crippen molar-refractivity contribution in [2.75, 3.05) is 0 Å². The second kappa shape index (κ2) is 5.45. The lowest BCUT2D eigenvalue weighted by Gasteiger charge is -2.08. The summed E-state index contributed by atoms with van der Waals surface area (Å²) >= 11 is 0. The lowest BCUT2D eigenvalue weighted by molar-refractivity contribution is -0.149. The Hall–Kier alpha value is -1.64. The van der Waals surface area contributed by atoms with Crippen LogP contribution in [0.1, 0.15) is 37.3 Å². The van der Waals surface area contributed by atoms with Gasteiger partial charge >= 0.3 is 5.97 Å². The van der Waals surface area contributed by atoms with Crippen molar-refractivity contribution in [1.29, 1.82) is 0 Å². The van der Waals surface area contributed by atoms with E-state index in [1.165, 1.54) is 5.56 Å². The van der Waals surface area contributed by atoms with E-state index in [1.807, 2.05) is 24.3 Å². The Morgan fingerprint density at radius 2 is 1.81 bits per heavy atom. The zero-order valence-electron chi connectivity index (χ0n) is 9.56. The highest BCUT2D eigenvalue weighted by Gasteiger charge is 2.21. The third-order valence-electron chi connectivity index (χ3n) is 2.62. The summed E-state index contributed by atoms with van der Waals surface area (Å²) < 4.78 is 0. The Kier molecular flexibility index (Phi) is 4.23. The van der Waals surface area contributed by atoms with E-state index in [1.54, 1.807) is 6.92 Å². The number of aryl methyl sites for hydroxylation is 1. The highest BCUT2D eigenvalue weighted by molar-refractivity contribution is 6.34. The second-order valence-electron chi connectivity index (χ2n) is 3.88. The highest BCUT2D eigenvalue weighted by atomic mass is 16.4. The summed E-state index contributed by atoms with van der Waals surface area (Å²) in [5.41, 5.74) is 1.97. The summed E-state index contributed by atoms with van der Waals surface area (Å²) in [4.78, 5) is 21.8. The van der Waals surface area contributed by atoms with Crippen LogP contribution in [0.25, 0.3) is 0 Å². The molecule has 86 valence electrons. The third kappa shape index (κ3) is 2.92. The lowest BCUT2D eigenvalue weighted by Crippen LogP contribution is -2.19. The molecule has 1 aromatic carbocycles. The molecular formula is C13H16O3. The van der Waals surface area contributed by atoms with Crippen molar-refractivity contribution < 1.29 is 14.7 Å². The molecule has 0 spiro atoms. The molecule has 0 amide bonds. The van der Waals surface area contributed by atoms with Gasteiger partial charge in [0.25, 0.3) is 0 Å². The van der Waals surface area contributed by atoms with E-state index in [9.17, 15) is 9.59 Å². The van der Waals surface area contributed by atoms with E-state index in [-0.39, 0.29) is 0 Å². The van der Waals surface area contributed by atoms with E-state index in [0.29, 0.717) is 0 Å². The van der Waals surface area contributed by atoms with Gasteiger partial charge in [0, 0.05) is 0 Å². The van der Waals surface area contributed by atoms with Gasteiger partial charge in [-0.1, -0.05) is 44.5 Å². The van der Waals surface area contributed by atoms with E-state index in [4.69, 9.17) is 5.11 Å². The van der Waals surface area contributed by atoms with Gasteiger partial charge in [0.05, 0.1) is 5.92 Å². The highest BCUT2D eigenvalue weighted by Crippen LogP contribution is 2.17. The molecule has 0 fully saturated rings. The number of ketones is 1. The van der Waals surface area contributed by atoms with Crippen LogP contribution in [0.15, 0.2) is 24.3 Å². The van der Waals surface area contributed by atoms with Crippen LogP contribution in [-0.2, 0) is 16.0 Å². The Morgan fingerprint density at radius 1 is 1.25 bits per heavy atom. The van der Waals surface area contributed by atoms with Crippen molar-refractivity contribution in [2.24, 2.45) is 0 Å². The van der Waals surface area contributed by atoms with Crippen molar-refractivity contribution in [3.63, 3.8) is 0 Å². The Labute approximate surface area is 95.1 Å². The van der Waals surface area contributed by atoms with Crippen molar-refractivity contribution in [1.82, 2.24) is 0 Å². The standard InChI is InChI=1S/C13H16O3/c1-3-4-10-5-7-11(8-6-10)9(2)12(14)13(15)16/h5-9H,3-4H2,1-2H3,(H,15,16). The molecule has 0 heterocycles. The predicted molar refractivity (Wildman–Crippen MR) is 61.5 cm³/mol. The minimum atomic E-state index is -1.37. The van der Waals surface area contributed by atoms with Crippen LogP contribution in [0.4, 0.5) is 0 Å². The van der Waals surface area contributed by atoms with Crippen LogP contribution in [0.2, 0.25) is 0 Å². The van der Waals surface area contributed by atoms with Gasteiger partial charge in [0.1, 0.15) is 0 Å². The largest absolute Gasteiger partial charge is 0.475 e. The molecule has 3 heteroatoms. The summed E-state index contributed by atoms with van der Waals surface area (Å²) in [5, 5.41) is 8.60. The maximum absolute atomic E-state index is 11.3. The summed E-state index contributed by atoms with van der Waals surface area (Å²) in [5.74, 6) is -2.71. The molecule has 0 aliphatic heterocycles. The minimum Gasteiger partial charge on any atom is -0.475 e. The van der Waals surface area contributed by atoms with Crippen LogP contribution in [0.5, 0.6) is 0 Å². The Balaban J connectivity index is 2.81. The summed E-state index contributed by atoms with van der Waals surface area (Å²) in [7, 11) is 0. The molecule has 0 saturated heterocycles. The lowest BCUT2D eigenvalue weighted by atomic mass is 9.95.